The molecule has 0 aromatic heterocycles. The van der Waals surface area contributed by atoms with E-state index in [9.17, 15) is 10.1 Å². The molecule has 0 saturated heterocycles. The first-order valence-electron chi connectivity index (χ1n) is 3.90. The van der Waals surface area contributed by atoms with Gasteiger partial charge in [0.15, 0.2) is 0 Å². The van der Waals surface area contributed by atoms with Gasteiger partial charge in [0.1, 0.15) is 8.95 Å². The monoisotopic (exact) mass is 439 g/mol. The second-order valence-corrected chi connectivity index (χ2v) is 5.00. The first-order chi connectivity index (χ1) is 8.45. The topological polar surface area (TPSA) is 141 Å². The van der Waals surface area contributed by atoms with E-state index in [2.05, 4.69) is 67.8 Å². The van der Waals surface area contributed by atoms with E-state index < -0.39 is 10.6 Å². The summed E-state index contributed by atoms with van der Waals surface area (Å²) in [6, 6.07) is 0. The Morgan fingerprint density at radius 1 is 1.00 bits per heavy atom. The minimum Gasteiger partial charge on any atom is -0.258 e. The Kier molecular flexibility index (Phi) is 4.93. The molecule has 0 amide bonds. The van der Waals surface area contributed by atoms with Crippen molar-refractivity contribution in [2.24, 2.45) is 10.2 Å². The number of nitro benzene ring substituents is 1. The number of rotatable bonds is 3. The molecule has 0 aliphatic rings. The minimum atomic E-state index is -0.701. The molecule has 0 N–H and O–H groups in total. The first kappa shape index (κ1) is 14.7. The molecule has 1 aromatic rings. The van der Waals surface area contributed by atoms with Crippen molar-refractivity contribution < 1.29 is 4.92 Å². The summed E-state index contributed by atoms with van der Waals surface area (Å²) in [6.07, 6.45) is 0. The molecule has 0 aliphatic heterocycles. The SMILES string of the molecule is [N-]=[N+]=Nc1c(Br)c(N=[N+]=[N-])c(Br)c([N+](=O)[O-])c1Br. The first-order valence-corrected chi connectivity index (χ1v) is 6.28. The Morgan fingerprint density at radius 2 is 1.39 bits per heavy atom. The summed E-state index contributed by atoms with van der Waals surface area (Å²) in [5.41, 5.74) is 16.3. The van der Waals surface area contributed by atoms with Crippen LogP contribution >= 0.6 is 47.8 Å². The van der Waals surface area contributed by atoms with Gasteiger partial charge in [-0.1, -0.05) is 10.2 Å². The van der Waals surface area contributed by atoms with Crippen LogP contribution in [-0.2, 0) is 0 Å². The molecule has 0 atom stereocenters. The summed E-state index contributed by atoms with van der Waals surface area (Å²) < 4.78 is 0.0873. The number of halogens is 3. The minimum absolute atomic E-state index is 0.0269. The molecule has 0 bridgehead atoms. The summed E-state index contributed by atoms with van der Waals surface area (Å²) in [5, 5.41) is 17.5. The summed E-state index contributed by atoms with van der Waals surface area (Å²) in [7, 11) is 0. The van der Waals surface area contributed by atoms with Crippen LogP contribution in [0.25, 0.3) is 20.9 Å². The molecule has 0 aliphatic carbocycles. The second kappa shape index (κ2) is 6.03. The van der Waals surface area contributed by atoms with E-state index in [1.54, 1.807) is 0 Å². The van der Waals surface area contributed by atoms with Crippen molar-refractivity contribution in [1.82, 2.24) is 0 Å². The molecule has 1 rings (SSSR count). The number of benzene rings is 1. The third kappa shape index (κ3) is 2.57. The molecular weight excluding hydrogens is 442 g/mol. The predicted molar refractivity (Wildman–Crippen MR) is 73.8 cm³/mol. The van der Waals surface area contributed by atoms with Crippen molar-refractivity contribution >= 4 is 64.9 Å². The number of hydrogen-bond donors (Lipinski definition) is 0. The van der Waals surface area contributed by atoms with Crippen molar-refractivity contribution in [1.29, 1.82) is 0 Å². The Labute approximate surface area is 124 Å². The van der Waals surface area contributed by atoms with Crippen molar-refractivity contribution in [3.05, 3.63) is 44.4 Å². The van der Waals surface area contributed by atoms with Gasteiger partial charge in [-0.15, -0.1) is 0 Å². The van der Waals surface area contributed by atoms with Crippen LogP contribution in [0.3, 0.4) is 0 Å². The van der Waals surface area contributed by atoms with Crippen LogP contribution in [-0.4, -0.2) is 4.92 Å². The Balaban J connectivity index is 3.92. The number of azide groups is 2. The molecule has 0 radical (unpaired) electrons. The van der Waals surface area contributed by atoms with Gasteiger partial charge in [0.2, 0.25) is 0 Å². The molecule has 0 fully saturated rings. The van der Waals surface area contributed by atoms with Crippen molar-refractivity contribution in [3.63, 3.8) is 0 Å². The van der Waals surface area contributed by atoms with Crippen LogP contribution < -0.4 is 0 Å². The van der Waals surface area contributed by atoms with E-state index in [1.807, 2.05) is 0 Å². The molecule has 9 nitrogen and oxygen atoms in total. The van der Waals surface area contributed by atoms with Gasteiger partial charge in [0.25, 0.3) is 5.69 Å². The molecule has 0 spiro atoms. The van der Waals surface area contributed by atoms with Gasteiger partial charge >= 0.3 is 0 Å². The lowest BCUT2D eigenvalue weighted by Crippen LogP contribution is -1.92. The van der Waals surface area contributed by atoms with Gasteiger partial charge in [0, 0.05) is 14.3 Å². The molecule has 18 heavy (non-hydrogen) atoms. The quantitative estimate of drug-likeness (QED) is 0.193. The fourth-order valence-corrected chi connectivity index (χ4v) is 3.65. The zero-order valence-electron chi connectivity index (χ0n) is 8.08. The molecule has 92 valence electrons. The normalized spacial score (nSPS) is 9.28. The highest BCUT2D eigenvalue weighted by atomic mass is 79.9. The number of hydrogen-bond acceptors (Lipinski definition) is 4. The maximum atomic E-state index is 10.9. The van der Waals surface area contributed by atoms with Gasteiger partial charge in [-0.3, -0.25) is 10.1 Å². The highest BCUT2D eigenvalue weighted by Crippen LogP contribution is 2.51. The van der Waals surface area contributed by atoms with Crippen molar-refractivity contribution in [2.75, 3.05) is 0 Å². The van der Waals surface area contributed by atoms with Crippen LogP contribution in [0.5, 0.6) is 0 Å². The maximum Gasteiger partial charge on any atom is 0.298 e. The molecule has 0 unspecified atom stereocenters. The third-order valence-electron chi connectivity index (χ3n) is 1.72. The van der Waals surface area contributed by atoms with Crippen LogP contribution in [0, 0.1) is 10.1 Å². The lowest BCUT2D eigenvalue weighted by molar-refractivity contribution is -0.386. The molecule has 1 aromatic carbocycles. The fraction of sp³-hybridized carbons (Fsp3) is 0. The van der Waals surface area contributed by atoms with Crippen LogP contribution in [0.4, 0.5) is 17.1 Å². The van der Waals surface area contributed by atoms with E-state index in [0.717, 1.165) is 0 Å². The Hall–Kier alpha value is -1.32. The largest absolute Gasteiger partial charge is 0.298 e. The van der Waals surface area contributed by atoms with Crippen LogP contribution in [0.2, 0.25) is 0 Å². The van der Waals surface area contributed by atoms with Gasteiger partial charge in [-0.05, 0) is 58.9 Å². The van der Waals surface area contributed by atoms with Gasteiger partial charge in [-0.2, -0.15) is 0 Å². The van der Waals surface area contributed by atoms with Crippen LogP contribution in [0.1, 0.15) is 0 Å². The van der Waals surface area contributed by atoms with Gasteiger partial charge < -0.3 is 0 Å². The van der Waals surface area contributed by atoms with E-state index >= 15 is 0 Å². The number of nitrogens with zero attached hydrogens (tertiary/aromatic N) is 7. The molecule has 12 heteroatoms. The van der Waals surface area contributed by atoms with Crippen LogP contribution in [0.15, 0.2) is 23.6 Å². The van der Waals surface area contributed by atoms with E-state index in [4.69, 9.17) is 11.1 Å². The van der Waals surface area contributed by atoms with E-state index in [0.29, 0.717) is 0 Å². The predicted octanol–water partition coefficient (Wildman–Crippen LogP) is 5.77. The standard InChI is InChI=1S/C6Br3N7O2/c7-1-4(12-14-10)2(8)6(16(17)18)3(9)5(1)13-15-11. The summed E-state index contributed by atoms with van der Waals surface area (Å²) >= 11 is 8.99. The van der Waals surface area contributed by atoms with E-state index in [-0.39, 0.29) is 24.8 Å². The lowest BCUT2D eigenvalue weighted by Gasteiger charge is -2.08. The summed E-state index contributed by atoms with van der Waals surface area (Å²) in [4.78, 5) is 15.3. The summed E-state index contributed by atoms with van der Waals surface area (Å²) in [6.45, 7) is 0. The highest BCUT2D eigenvalue weighted by molar-refractivity contribution is 9.12. The smallest absolute Gasteiger partial charge is 0.258 e. The number of nitro groups is 1. The highest BCUT2D eigenvalue weighted by Gasteiger charge is 2.26. The Bertz CT molecular complexity index is 543. The second-order valence-electron chi connectivity index (χ2n) is 2.62. The molecule has 0 saturated carbocycles. The van der Waals surface area contributed by atoms with E-state index in [1.165, 1.54) is 0 Å². The van der Waals surface area contributed by atoms with Crippen molar-refractivity contribution in [2.45, 2.75) is 0 Å². The fourth-order valence-electron chi connectivity index (χ4n) is 1.05. The Morgan fingerprint density at radius 3 is 1.67 bits per heavy atom. The third-order valence-corrected chi connectivity index (χ3v) is 3.97. The van der Waals surface area contributed by atoms with Gasteiger partial charge in [0.05, 0.1) is 16.3 Å². The average molecular weight is 442 g/mol. The molecule has 0 heterocycles. The van der Waals surface area contributed by atoms with Crippen molar-refractivity contribution in [3.8, 4) is 0 Å². The maximum absolute atomic E-state index is 10.9. The zero-order chi connectivity index (χ0) is 13.9. The molecular formula is C6Br3N7O2. The summed E-state index contributed by atoms with van der Waals surface area (Å²) in [5.74, 6) is 0. The lowest BCUT2D eigenvalue weighted by atomic mass is 10.2. The average Bonchev–Trinajstić information content (AvgIpc) is 2.30. The zero-order valence-corrected chi connectivity index (χ0v) is 12.8. The van der Waals surface area contributed by atoms with Gasteiger partial charge in [-0.25, -0.2) is 0 Å².